The molecule has 1 N–H and O–H groups in total. The van der Waals surface area contributed by atoms with E-state index in [2.05, 4.69) is 19.2 Å². The summed E-state index contributed by atoms with van der Waals surface area (Å²) in [6, 6.07) is 5.13. The molecule has 1 rings (SSSR count). The van der Waals surface area contributed by atoms with E-state index in [0.29, 0.717) is 18.2 Å². The van der Waals surface area contributed by atoms with Crippen LogP contribution in [0.25, 0.3) is 0 Å². The first-order chi connectivity index (χ1) is 7.99. The Hall–Kier alpha value is -1.09. The second kappa shape index (κ2) is 6.60. The van der Waals surface area contributed by atoms with Gasteiger partial charge in [-0.25, -0.2) is 4.39 Å². The molecule has 1 aromatic rings. The second-order valence-electron chi connectivity index (χ2n) is 4.96. The van der Waals surface area contributed by atoms with E-state index < -0.39 is 0 Å². The summed E-state index contributed by atoms with van der Waals surface area (Å²) in [7, 11) is 0. The molecule has 1 aromatic carbocycles. The van der Waals surface area contributed by atoms with Crippen molar-refractivity contribution in [1.29, 1.82) is 0 Å². The zero-order valence-electron chi connectivity index (χ0n) is 11.1. The van der Waals surface area contributed by atoms with E-state index in [0.717, 1.165) is 12.1 Å². The van der Waals surface area contributed by atoms with Crippen LogP contribution in [0.3, 0.4) is 0 Å². The van der Waals surface area contributed by atoms with Crippen LogP contribution < -0.4 is 10.1 Å². The van der Waals surface area contributed by atoms with Crippen LogP contribution in [0.5, 0.6) is 5.75 Å². The molecule has 0 bridgehead atoms. The van der Waals surface area contributed by atoms with Crippen molar-refractivity contribution in [2.75, 3.05) is 6.54 Å². The van der Waals surface area contributed by atoms with Gasteiger partial charge in [0, 0.05) is 6.54 Å². The van der Waals surface area contributed by atoms with Gasteiger partial charge >= 0.3 is 0 Å². The highest BCUT2D eigenvalue weighted by atomic mass is 19.1. The quantitative estimate of drug-likeness (QED) is 0.822. The van der Waals surface area contributed by atoms with Crippen molar-refractivity contribution < 1.29 is 9.13 Å². The molecule has 0 fully saturated rings. The summed E-state index contributed by atoms with van der Waals surface area (Å²) in [5.74, 6) is 0.638. The molecule has 96 valence electrons. The van der Waals surface area contributed by atoms with Gasteiger partial charge in [-0.3, -0.25) is 0 Å². The maximum atomic E-state index is 13.6. The van der Waals surface area contributed by atoms with Crippen LogP contribution in [0.1, 0.15) is 33.3 Å². The predicted octanol–water partition coefficient (Wildman–Crippen LogP) is 3.36. The Balaban J connectivity index is 2.56. The second-order valence-corrected chi connectivity index (χ2v) is 4.96. The van der Waals surface area contributed by atoms with Gasteiger partial charge in [0.25, 0.3) is 0 Å². The molecule has 0 unspecified atom stereocenters. The standard InChI is InChI=1S/C14H22FNO/c1-10(2)8-16-9-12-5-6-14(13(15)7-12)17-11(3)4/h5-7,10-11,16H,8-9H2,1-4H3. The largest absolute Gasteiger partial charge is 0.488 e. The summed E-state index contributed by atoms with van der Waals surface area (Å²) in [6.07, 6.45) is -0.00517. The van der Waals surface area contributed by atoms with E-state index >= 15 is 0 Å². The van der Waals surface area contributed by atoms with E-state index in [4.69, 9.17) is 4.74 Å². The summed E-state index contributed by atoms with van der Waals surface area (Å²) >= 11 is 0. The van der Waals surface area contributed by atoms with Crippen LogP contribution in [-0.2, 0) is 6.54 Å². The van der Waals surface area contributed by atoms with Crippen molar-refractivity contribution in [1.82, 2.24) is 5.32 Å². The average Bonchev–Trinajstić information content (AvgIpc) is 2.21. The zero-order chi connectivity index (χ0) is 12.8. The maximum Gasteiger partial charge on any atom is 0.165 e. The van der Waals surface area contributed by atoms with Gasteiger partial charge in [0.15, 0.2) is 11.6 Å². The summed E-state index contributed by atoms with van der Waals surface area (Å²) < 4.78 is 19.0. The molecule has 0 saturated heterocycles. The van der Waals surface area contributed by atoms with Gasteiger partial charge in [0.2, 0.25) is 0 Å². The minimum atomic E-state index is -0.289. The lowest BCUT2D eigenvalue weighted by molar-refractivity contribution is 0.231. The Morgan fingerprint density at radius 2 is 1.94 bits per heavy atom. The third kappa shape index (κ3) is 5.18. The Kier molecular flexibility index (Phi) is 5.42. The third-order valence-electron chi connectivity index (χ3n) is 2.24. The fourth-order valence-corrected chi connectivity index (χ4v) is 1.51. The van der Waals surface area contributed by atoms with Crippen LogP contribution in [0.15, 0.2) is 18.2 Å². The van der Waals surface area contributed by atoms with E-state index in [-0.39, 0.29) is 11.9 Å². The summed E-state index contributed by atoms with van der Waals surface area (Å²) in [4.78, 5) is 0. The Bertz CT molecular complexity index is 350. The molecular formula is C14H22FNO. The molecule has 0 saturated carbocycles. The summed E-state index contributed by atoms with van der Waals surface area (Å²) in [5, 5.41) is 3.28. The fraction of sp³-hybridized carbons (Fsp3) is 0.571. The molecule has 0 atom stereocenters. The van der Waals surface area contributed by atoms with Gasteiger partial charge in [-0.2, -0.15) is 0 Å². The summed E-state index contributed by atoms with van der Waals surface area (Å²) in [5.41, 5.74) is 0.944. The highest BCUT2D eigenvalue weighted by molar-refractivity contribution is 5.29. The lowest BCUT2D eigenvalue weighted by Crippen LogP contribution is -2.19. The van der Waals surface area contributed by atoms with Crippen molar-refractivity contribution >= 4 is 0 Å². The van der Waals surface area contributed by atoms with Crippen molar-refractivity contribution in [3.63, 3.8) is 0 Å². The zero-order valence-corrected chi connectivity index (χ0v) is 11.1. The first-order valence-corrected chi connectivity index (χ1v) is 6.15. The van der Waals surface area contributed by atoms with Crippen LogP contribution >= 0.6 is 0 Å². The molecule has 0 aliphatic carbocycles. The molecule has 0 amide bonds. The SMILES string of the molecule is CC(C)CNCc1ccc(OC(C)C)c(F)c1. The van der Waals surface area contributed by atoms with Gasteiger partial charge in [0.1, 0.15) is 0 Å². The number of nitrogens with one attached hydrogen (secondary N) is 1. The van der Waals surface area contributed by atoms with Gasteiger partial charge in [-0.1, -0.05) is 19.9 Å². The first kappa shape index (κ1) is 14.0. The maximum absolute atomic E-state index is 13.6. The summed E-state index contributed by atoms with van der Waals surface area (Å²) in [6.45, 7) is 9.69. The van der Waals surface area contributed by atoms with E-state index in [1.807, 2.05) is 19.9 Å². The fourth-order valence-electron chi connectivity index (χ4n) is 1.51. The van der Waals surface area contributed by atoms with Crippen LogP contribution in [-0.4, -0.2) is 12.6 Å². The van der Waals surface area contributed by atoms with Gasteiger partial charge < -0.3 is 10.1 Å². The lowest BCUT2D eigenvalue weighted by Gasteiger charge is -2.12. The highest BCUT2D eigenvalue weighted by Crippen LogP contribution is 2.19. The topological polar surface area (TPSA) is 21.3 Å². The number of halogens is 1. The van der Waals surface area contributed by atoms with Crippen LogP contribution in [0.4, 0.5) is 4.39 Å². The Morgan fingerprint density at radius 3 is 2.47 bits per heavy atom. The van der Waals surface area contributed by atoms with Crippen LogP contribution in [0.2, 0.25) is 0 Å². The average molecular weight is 239 g/mol. The lowest BCUT2D eigenvalue weighted by atomic mass is 10.2. The predicted molar refractivity (Wildman–Crippen MR) is 68.7 cm³/mol. The molecule has 17 heavy (non-hydrogen) atoms. The molecular weight excluding hydrogens is 217 g/mol. The number of benzene rings is 1. The highest BCUT2D eigenvalue weighted by Gasteiger charge is 2.06. The molecule has 0 radical (unpaired) electrons. The number of ether oxygens (including phenoxy) is 1. The Labute approximate surface area is 103 Å². The molecule has 0 spiro atoms. The minimum Gasteiger partial charge on any atom is -0.488 e. The van der Waals surface area contributed by atoms with Crippen molar-refractivity contribution in [3.05, 3.63) is 29.6 Å². The van der Waals surface area contributed by atoms with Crippen molar-refractivity contribution in [2.45, 2.75) is 40.3 Å². The molecule has 0 heterocycles. The monoisotopic (exact) mass is 239 g/mol. The minimum absolute atomic E-state index is 0.00517. The van der Waals surface area contributed by atoms with Gasteiger partial charge in [0.05, 0.1) is 6.10 Å². The van der Waals surface area contributed by atoms with Gasteiger partial charge in [-0.15, -0.1) is 0 Å². The molecule has 0 aromatic heterocycles. The number of hydrogen-bond donors (Lipinski definition) is 1. The normalized spacial score (nSPS) is 11.2. The molecule has 3 heteroatoms. The first-order valence-electron chi connectivity index (χ1n) is 6.15. The van der Waals surface area contributed by atoms with Crippen molar-refractivity contribution in [3.8, 4) is 5.75 Å². The van der Waals surface area contributed by atoms with Crippen LogP contribution in [0, 0.1) is 11.7 Å². The van der Waals surface area contributed by atoms with E-state index in [1.165, 1.54) is 6.07 Å². The van der Waals surface area contributed by atoms with E-state index in [9.17, 15) is 4.39 Å². The third-order valence-corrected chi connectivity index (χ3v) is 2.24. The van der Waals surface area contributed by atoms with Gasteiger partial charge in [-0.05, 0) is 44.0 Å². The number of rotatable bonds is 6. The number of hydrogen-bond acceptors (Lipinski definition) is 2. The van der Waals surface area contributed by atoms with E-state index in [1.54, 1.807) is 6.07 Å². The smallest absolute Gasteiger partial charge is 0.165 e. The molecule has 0 aliphatic heterocycles. The van der Waals surface area contributed by atoms with Crippen molar-refractivity contribution in [2.24, 2.45) is 5.92 Å². The molecule has 0 aliphatic rings. The Morgan fingerprint density at radius 1 is 1.24 bits per heavy atom. The molecule has 2 nitrogen and oxygen atoms in total.